The Hall–Kier alpha value is -3.81. The van der Waals surface area contributed by atoms with Crippen molar-refractivity contribution >= 4 is 22.4 Å². The number of amides is 1. The molecule has 8 heteroatoms. The van der Waals surface area contributed by atoms with Crippen molar-refractivity contribution in [3.8, 4) is 17.2 Å². The largest absolute Gasteiger partial charge is 0.493 e. The number of carbonyl (C=O) groups is 1. The number of fused-ring (bicyclic) bond motifs is 1. The van der Waals surface area contributed by atoms with Crippen LogP contribution >= 0.6 is 0 Å². The van der Waals surface area contributed by atoms with Crippen LogP contribution in [0.4, 0.5) is 5.69 Å². The first kappa shape index (κ1) is 19.9. The van der Waals surface area contributed by atoms with Gasteiger partial charge in [0.25, 0.3) is 11.6 Å². The van der Waals surface area contributed by atoms with Crippen molar-refractivity contribution in [3.05, 3.63) is 70.3 Å². The number of rotatable bonds is 8. The summed E-state index contributed by atoms with van der Waals surface area (Å²) in [5, 5.41) is 16.1. The van der Waals surface area contributed by atoms with Crippen molar-refractivity contribution in [1.82, 2.24) is 5.32 Å². The molecule has 0 radical (unpaired) electrons. The third kappa shape index (κ3) is 4.55. The standard InChI is InChI=1S/C21H20N2O6/c1-27-19-12-17(18(23(25)26)13-20(19)28-2)21(24)22-9-10-29-16-8-7-14-5-3-4-6-15(14)11-16/h3-8,11-13H,9-10H2,1-2H3,(H,22,24). The van der Waals surface area contributed by atoms with Crippen LogP contribution in [0.1, 0.15) is 10.4 Å². The van der Waals surface area contributed by atoms with E-state index in [4.69, 9.17) is 14.2 Å². The number of carbonyl (C=O) groups excluding carboxylic acids is 1. The van der Waals surface area contributed by atoms with E-state index < -0.39 is 10.8 Å². The Balaban J connectivity index is 1.64. The second-order valence-corrected chi connectivity index (χ2v) is 6.09. The average Bonchev–Trinajstić information content (AvgIpc) is 2.75. The number of ether oxygens (including phenoxy) is 3. The number of nitro benzene ring substituents is 1. The molecule has 0 spiro atoms. The lowest BCUT2D eigenvalue weighted by atomic mass is 10.1. The van der Waals surface area contributed by atoms with Gasteiger partial charge in [0.1, 0.15) is 17.9 Å². The molecule has 3 rings (SSSR count). The summed E-state index contributed by atoms with van der Waals surface area (Å²) in [7, 11) is 2.76. The molecule has 0 bridgehead atoms. The first-order valence-corrected chi connectivity index (χ1v) is 8.83. The maximum absolute atomic E-state index is 12.5. The van der Waals surface area contributed by atoms with Gasteiger partial charge in [-0.3, -0.25) is 14.9 Å². The fraction of sp³-hybridized carbons (Fsp3) is 0.190. The van der Waals surface area contributed by atoms with E-state index >= 15 is 0 Å². The molecule has 150 valence electrons. The van der Waals surface area contributed by atoms with E-state index in [0.717, 1.165) is 10.8 Å². The molecule has 0 atom stereocenters. The first-order valence-electron chi connectivity index (χ1n) is 8.83. The predicted octanol–water partition coefficient (Wildman–Crippen LogP) is 3.57. The lowest BCUT2D eigenvalue weighted by molar-refractivity contribution is -0.385. The first-order chi connectivity index (χ1) is 14.0. The van der Waals surface area contributed by atoms with E-state index in [-0.39, 0.29) is 35.9 Å². The third-order valence-corrected chi connectivity index (χ3v) is 4.32. The summed E-state index contributed by atoms with van der Waals surface area (Å²) in [6.45, 7) is 0.391. The monoisotopic (exact) mass is 396 g/mol. The van der Waals surface area contributed by atoms with Gasteiger partial charge in [-0.2, -0.15) is 0 Å². The Morgan fingerprint density at radius 3 is 2.38 bits per heavy atom. The van der Waals surface area contributed by atoms with Crippen molar-refractivity contribution < 1.29 is 23.9 Å². The number of nitrogens with one attached hydrogen (secondary N) is 1. The highest BCUT2D eigenvalue weighted by Gasteiger charge is 2.24. The van der Waals surface area contributed by atoms with Crippen molar-refractivity contribution in [2.75, 3.05) is 27.4 Å². The van der Waals surface area contributed by atoms with Crippen LogP contribution in [-0.4, -0.2) is 38.2 Å². The van der Waals surface area contributed by atoms with E-state index in [1.807, 2.05) is 42.5 Å². The zero-order valence-corrected chi connectivity index (χ0v) is 16.0. The van der Waals surface area contributed by atoms with Gasteiger partial charge in [-0.25, -0.2) is 0 Å². The molecule has 0 aliphatic rings. The van der Waals surface area contributed by atoms with Crippen LogP contribution in [0.3, 0.4) is 0 Å². The van der Waals surface area contributed by atoms with Gasteiger partial charge in [0, 0.05) is 6.07 Å². The fourth-order valence-corrected chi connectivity index (χ4v) is 2.89. The van der Waals surface area contributed by atoms with E-state index in [1.165, 1.54) is 26.4 Å². The van der Waals surface area contributed by atoms with Gasteiger partial charge in [0.05, 0.1) is 31.8 Å². The van der Waals surface area contributed by atoms with Gasteiger partial charge >= 0.3 is 0 Å². The van der Waals surface area contributed by atoms with Crippen LogP contribution in [0.15, 0.2) is 54.6 Å². The molecule has 0 saturated carbocycles. The number of hydrogen-bond donors (Lipinski definition) is 1. The molecular formula is C21H20N2O6. The highest BCUT2D eigenvalue weighted by molar-refractivity contribution is 5.99. The molecule has 8 nitrogen and oxygen atoms in total. The topological polar surface area (TPSA) is 99.9 Å². The molecule has 0 fully saturated rings. The minimum Gasteiger partial charge on any atom is -0.493 e. The molecule has 0 unspecified atom stereocenters. The molecule has 0 aliphatic heterocycles. The van der Waals surface area contributed by atoms with Crippen molar-refractivity contribution in [2.45, 2.75) is 0 Å². The smallest absolute Gasteiger partial charge is 0.286 e. The normalized spacial score (nSPS) is 10.4. The molecule has 1 N–H and O–H groups in total. The van der Waals surface area contributed by atoms with Crippen LogP contribution in [0.5, 0.6) is 17.2 Å². The maximum Gasteiger partial charge on any atom is 0.286 e. The molecule has 0 aliphatic carbocycles. The molecule has 0 aromatic heterocycles. The van der Waals surface area contributed by atoms with Gasteiger partial charge in [0.15, 0.2) is 11.5 Å². The highest BCUT2D eigenvalue weighted by atomic mass is 16.6. The summed E-state index contributed by atoms with van der Waals surface area (Å²) in [5.41, 5.74) is -0.478. The van der Waals surface area contributed by atoms with Crippen LogP contribution in [0.25, 0.3) is 10.8 Å². The van der Waals surface area contributed by atoms with Gasteiger partial charge in [0.2, 0.25) is 0 Å². The molecule has 3 aromatic rings. The Bertz CT molecular complexity index is 1050. The predicted molar refractivity (Wildman–Crippen MR) is 108 cm³/mol. The van der Waals surface area contributed by atoms with Crippen molar-refractivity contribution in [2.24, 2.45) is 0 Å². The highest BCUT2D eigenvalue weighted by Crippen LogP contribution is 2.34. The van der Waals surface area contributed by atoms with E-state index in [9.17, 15) is 14.9 Å². The number of methoxy groups -OCH3 is 2. The third-order valence-electron chi connectivity index (χ3n) is 4.32. The zero-order valence-electron chi connectivity index (χ0n) is 16.0. The van der Waals surface area contributed by atoms with Gasteiger partial charge < -0.3 is 19.5 Å². The average molecular weight is 396 g/mol. The van der Waals surface area contributed by atoms with Crippen LogP contribution in [0, 0.1) is 10.1 Å². The minimum atomic E-state index is -0.636. The minimum absolute atomic E-state index is 0.113. The zero-order chi connectivity index (χ0) is 20.8. The lowest BCUT2D eigenvalue weighted by Gasteiger charge is -2.11. The summed E-state index contributed by atoms with van der Waals surface area (Å²) in [4.78, 5) is 23.1. The Labute approximate surface area is 167 Å². The number of hydrogen-bond acceptors (Lipinski definition) is 6. The lowest BCUT2D eigenvalue weighted by Crippen LogP contribution is -2.28. The molecule has 3 aromatic carbocycles. The summed E-state index contributed by atoms with van der Waals surface area (Å²) in [6, 6.07) is 16.1. The van der Waals surface area contributed by atoms with Crippen molar-refractivity contribution in [3.63, 3.8) is 0 Å². The van der Waals surface area contributed by atoms with Gasteiger partial charge in [-0.1, -0.05) is 30.3 Å². The van der Waals surface area contributed by atoms with Crippen LogP contribution in [-0.2, 0) is 0 Å². The molecule has 0 saturated heterocycles. The van der Waals surface area contributed by atoms with E-state index in [0.29, 0.717) is 5.75 Å². The summed E-state index contributed by atoms with van der Waals surface area (Å²) in [6.07, 6.45) is 0. The molecule has 0 heterocycles. The number of nitrogens with zero attached hydrogens (tertiary/aromatic N) is 1. The quantitative estimate of drug-likeness (QED) is 0.355. The van der Waals surface area contributed by atoms with E-state index in [1.54, 1.807) is 0 Å². The summed E-state index contributed by atoms with van der Waals surface area (Å²) in [5.74, 6) is 0.487. The number of benzene rings is 3. The van der Waals surface area contributed by atoms with Crippen LogP contribution in [0.2, 0.25) is 0 Å². The molecule has 1 amide bonds. The Morgan fingerprint density at radius 2 is 1.69 bits per heavy atom. The van der Waals surface area contributed by atoms with E-state index in [2.05, 4.69) is 5.32 Å². The second kappa shape index (κ2) is 8.92. The summed E-state index contributed by atoms with van der Waals surface area (Å²) >= 11 is 0. The molecular weight excluding hydrogens is 376 g/mol. The summed E-state index contributed by atoms with van der Waals surface area (Å²) < 4.78 is 15.9. The van der Waals surface area contributed by atoms with Crippen LogP contribution < -0.4 is 19.5 Å². The SMILES string of the molecule is COc1cc(C(=O)NCCOc2ccc3ccccc3c2)c([N+](=O)[O-])cc1OC. The van der Waals surface area contributed by atoms with Gasteiger partial charge in [-0.15, -0.1) is 0 Å². The fourth-order valence-electron chi connectivity index (χ4n) is 2.89. The Kier molecular flexibility index (Phi) is 6.13. The number of nitro groups is 1. The van der Waals surface area contributed by atoms with Crippen molar-refractivity contribution in [1.29, 1.82) is 0 Å². The Morgan fingerprint density at radius 1 is 1.00 bits per heavy atom. The maximum atomic E-state index is 12.5. The second-order valence-electron chi connectivity index (χ2n) is 6.09. The van der Waals surface area contributed by atoms with Gasteiger partial charge in [-0.05, 0) is 22.9 Å². The molecule has 29 heavy (non-hydrogen) atoms.